The second-order valence-electron chi connectivity index (χ2n) is 4.32. The van der Waals surface area contributed by atoms with E-state index < -0.39 is 0 Å². The van der Waals surface area contributed by atoms with Gasteiger partial charge in [-0.25, -0.2) is 9.97 Å². The predicted molar refractivity (Wildman–Crippen MR) is 80.2 cm³/mol. The molecule has 3 aromatic rings. The molecule has 5 nitrogen and oxygen atoms in total. The Morgan fingerprint density at radius 2 is 1.90 bits per heavy atom. The molecular weight excluding hydrogens is 252 g/mol. The fraction of sp³-hybridized carbons (Fsp3) is 0.0667. The van der Waals surface area contributed by atoms with Crippen LogP contribution in [0.5, 0.6) is 5.75 Å². The van der Waals surface area contributed by atoms with E-state index in [1.807, 2.05) is 36.4 Å². The average molecular weight is 266 g/mol. The molecule has 0 bridgehead atoms. The number of nitrogens with two attached hydrogens (primary N) is 1. The van der Waals surface area contributed by atoms with Gasteiger partial charge in [-0.15, -0.1) is 0 Å². The lowest BCUT2D eigenvalue weighted by Crippen LogP contribution is -1.98. The van der Waals surface area contributed by atoms with Crippen LogP contribution in [0.15, 0.2) is 48.8 Å². The fourth-order valence-corrected chi connectivity index (χ4v) is 2.03. The topological polar surface area (TPSA) is 73.1 Å². The van der Waals surface area contributed by atoms with Crippen molar-refractivity contribution in [1.29, 1.82) is 0 Å². The van der Waals surface area contributed by atoms with Crippen molar-refractivity contribution in [3.8, 4) is 5.75 Å². The third kappa shape index (κ3) is 2.21. The van der Waals surface area contributed by atoms with E-state index in [2.05, 4.69) is 15.3 Å². The van der Waals surface area contributed by atoms with Crippen molar-refractivity contribution >= 4 is 28.1 Å². The van der Waals surface area contributed by atoms with Crippen molar-refractivity contribution in [2.45, 2.75) is 0 Å². The van der Waals surface area contributed by atoms with Crippen molar-refractivity contribution in [3.63, 3.8) is 0 Å². The van der Waals surface area contributed by atoms with Crippen molar-refractivity contribution in [2.75, 3.05) is 18.2 Å². The summed E-state index contributed by atoms with van der Waals surface area (Å²) in [6.45, 7) is 0. The quantitative estimate of drug-likeness (QED) is 0.713. The van der Waals surface area contributed by atoms with Gasteiger partial charge in [-0.1, -0.05) is 18.2 Å². The Hall–Kier alpha value is -2.82. The van der Waals surface area contributed by atoms with E-state index in [-0.39, 0.29) is 0 Å². The summed E-state index contributed by atoms with van der Waals surface area (Å²) in [7, 11) is 1.59. The minimum atomic E-state index is 0.560. The van der Waals surface area contributed by atoms with Gasteiger partial charge in [-0.2, -0.15) is 0 Å². The molecule has 1 heterocycles. The van der Waals surface area contributed by atoms with Gasteiger partial charge in [0.05, 0.1) is 18.3 Å². The molecule has 0 aliphatic rings. The molecule has 0 fully saturated rings. The van der Waals surface area contributed by atoms with Crippen LogP contribution >= 0.6 is 0 Å². The van der Waals surface area contributed by atoms with Gasteiger partial charge in [0.15, 0.2) is 0 Å². The minimum Gasteiger partial charge on any atom is -0.495 e. The largest absolute Gasteiger partial charge is 0.495 e. The average Bonchev–Trinajstić information content (AvgIpc) is 2.48. The molecule has 100 valence electrons. The molecule has 0 saturated carbocycles. The Morgan fingerprint density at radius 3 is 2.65 bits per heavy atom. The number of nitrogens with zero attached hydrogens (tertiary/aromatic N) is 2. The summed E-state index contributed by atoms with van der Waals surface area (Å²) in [5.41, 5.74) is 8.19. The molecule has 0 spiro atoms. The van der Waals surface area contributed by atoms with Crippen LogP contribution in [0, 0.1) is 0 Å². The van der Waals surface area contributed by atoms with Gasteiger partial charge in [0.2, 0.25) is 0 Å². The van der Waals surface area contributed by atoms with E-state index in [0.29, 0.717) is 11.4 Å². The smallest absolute Gasteiger partial charge is 0.142 e. The number of fused-ring (bicyclic) bond motifs is 1. The Labute approximate surface area is 116 Å². The van der Waals surface area contributed by atoms with Gasteiger partial charge < -0.3 is 15.8 Å². The zero-order valence-corrected chi connectivity index (χ0v) is 11.0. The highest BCUT2D eigenvalue weighted by Gasteiger charge is 2.08. The molecule has 0 aliphatic heterocycles. The van der Waals surface area contributed by atoms with E-state index in [9.17, 15) is 0 Å². The fourth-order valence-electron chi connectivity index (χ4n) is 2.03. The molecule has 0 saturated heterocycles. The number of nitrogens with one attached hydrogen (secondary N) is 1. The first-order valence-electron chi connectivity index (χ1n) is 6.18. The lowest BCUT2D eigenvalue weighted by molar-refractivity contribution is 0.417. The number of methoxy groups -OCH3 is 1. The zero-order valence-electron chi connectivity index (χ0n) is 11.0. The molecule has 0 radical (unpaired) electrons. The lowest BCUT2D eigenvalue weighted by Gasteiger charge is -2.10. The number of hydrogen-bond acceptors (Lipinski definition) is 5. The number of benzene rings is 2. The number of ether oxygens (including phenoxy) is 1. The molecule has 0 atom stereocenters. The first kappa shape index (κ1) is 12.2. The third-order valence-corrected chi connectivity index (χ3v) is 3.02. The van der Waals surface area contributed by atoms with Crippen LogP contribution in [-0.2, 0) is 0 Å². The van der Waals surface area contributed by atoms with Crippen molar-refractivity contribution < 1.29 is 4.74 Å². The van der Waals surface area contributed by atoms with Crippen LogP contribution in [0.3, 0.4) is 0 Å². The Kier molecular flexibility index (Phi) is 3.09. The molecule has 0 amide bonds. The maximum Gasteiger partial charge on any atom is 0.142 e. The minimum absolute atomic E-state index is 0.560. The number of anilines is 3. The van der Waals surface area contributed by atoms with Crippen LogP contribution in [0.25, 0.3) is 10.9 Å². The Balaban J connectivity index is 2.11. The van der Waals surface area contributed by atoms with Crippen LogP contribution in [0.4, 0.5) is 17.2 Å². The normalized spacial score (nSPS) is 10.4. The van der Waals surface area contributed by atoms with Crippen LogP contribution in [-0.4, -0.2) is 17.1 Å². The van der Waals surface area contributed by atoms with Gasteiger partial charge >= 0.3 is 0 Å². The van der Waals surface area contributed by atoms with Crippen LogP contribution < -0.4 is 15.8 Å². The van der Waals surface area contributed by atoms with E-state index in [0.717, 1.165) is 22.4 Å². The van der Waals surface area contributed by atoms with Gasteiger partial charge in [0.1, 0.15) is 17.9 Å². The highest BCUT2D eigenvalue weighted by molar-refractivity contribution is 5.94. The SMILES string of the molecule is COc1cc2c(Nc3ccccc3)ncnc2cc1N. The highest BCUT2D eigenvalue weighted by atomic mass is 16.5. The van der Waals surface area contributed by atoms with Gasteiger partial charge in [-0.05, 0) is 24.3 Å². The van der Waals surface area contributed by atoms with Crippen molar-refractivity contribution in [1.82, 2.24) is 9.97 Å². The second kappa shape index (κ2) is 5.05. The predicted octanol–water partition coefficient (Wildman–Crippen LogP) is 2.96. The molecule has 3 N–H and O–H groups in total. The maximum atomic E-state index is 5.89. The Bertz CT molecular complexity index is 743. The van der Waals surface area contributed by atoms with E-state index in [4.69, 9.17) is 10.5 Å². The Morgan fingerprint density at radius 1 is 1.10 bits per heavy atom. The summed E-state index contributed by atoms with van der Waals surface area (Å²) in [6.07, 6.45) is 1.51. The van der Waals surface area contributed by atoms with Crippen LogP contribution in [0.2, 0.25) is 0 Å². The monoisotopic (exact) mass is 266 g/mol. The summed E-state index contributed by atoms with van der Waals surface area (Å²) < 4.78 is 5.25. The summed E-state index contributed by atoms with van der Waals surface area (Å²) in [6, 6.07) is 13.5. The third-order valence-electron chi connectivity index (χ3n) is 3.02. The summed E-state index contributed by atoms with van der Waals surface area (Å²) in [5, 5.41) is 4.13. The number of aromatic nitrogens is 2. The first-order valence-corrected chi connectivity index (χ1v) is 6.18. The number of rotatable bonds is 3. The molecule has 5 heteroatoms. The maximum absolute atomic E-state index is 5.89. The number of para-hydroxylation sites is 1. The molecule has 0 unspecified atom stereocenters. The second-order valence-corrected chi connectivity index (χ2v) is 4.32. The number of nitrogen functional groups attached to an aromatic ring is 1. The van der Waals surface area contributed by atoms with Gasteiger partial charge in [-0.3, -0.25) is 0 Å². The van der Waals surface area contributed by atoms with E-state index >= 15 is 0 Å². The molecule has 20 heavy (non-hydrogen) atoms. The number of hydrogen-bond donors (Lipinski definition) is 2. The summed E-state index contributed by atoms with van der Waals surface area (Å²) >= 11 is 0. The molecule has 0 aliphatic carbocycles. The van der Waals surface area contributed by atoms with Gasteiger partial charge in [0.25, 0.3) is 0 Å². The van der Waals surface area contributed by atoms with Crippen molar-refractivity contribution in [3.05, 3.63) is 48.8 Å². The summed E-state index contributed by atoms with van der Waals surface area (Å²) in [5.74, 6) is 1.34. The first-order chi connectivity index (χ1) is 9.78. The van der Waals surface area contributed by atoms with Gasteiger partial charge in [0, 0.05) is 11.1 Å². The zero-order chi connectivity index (χ0) is 13.9. The standard InChI is InChI=1S/C15H14N4O/c1-20-14-7-11-13(8-12(14)16)17-9-18-15(11)19-10-5-3-2-4-6-10/h2-9H,16H2,1H3,(H,17,18,19). The molecule has 2 aromatic carbocycles. The lowest BCUT2D eigenvalue weighted by atomic mass is 10.2. The molecule has 3 rings (SSSR count). The summed E-state index contributed by atoms with van der Waals surface area (Å²) in [4.78, 5) is 8.52. The van der Waals surface area contributed by atoms with E-state index in [1.165, 1.54) is 6.33 Å². The molecule has 1 aromatic heterocycles. The van der Waals surface area contributed by atoms with E-state index in [1.54, 1.807) is 13.2 Å². The highest BCUT2D eigenvalue weighted by Crippen LogP contribution is 2.31. The van der Waals surface area contributed by atoms with Crippen LogP contribution in [0.1, 0.15) is 0 Å². The van der Waals surface area contributed by atoms with Crippen molar-refractivity contribution in [2.24, 2.45) is 0 Å². The molecular formula is C15H14N4O.